The third kappa shape index (κ3) is 3.60. The minimum absolute atomic E-state index is 0.233. The molecule has 1 aromatic rings. The Kier molecular flexibility index (Phi) is 5.31. The van der Waals surface area contributed by atoms with Gasteiger partial charge < -0.3 is 25.2 Å². The number of nitrogens with two attached hydrogens (primary N) is 1. The molecule has 118 valence electrons. The second kappa shape index (κ2) is 7.00. The van der Waals surface area contributed by atoms with E-state index in [2.05, 4.69) is 11.8 Å². The summed E-state index contributed by atoms with van der Waals surface area (Å²) < 4.78 is 10.6. The summed E-state index contributed by atoms with van der Waals surface area (Å²) in [6.45, 7) is 5.08. The zero-order valence-electron chi connectivity index (χ0n) is 13.1. The Morgan fingerprint density at radius 3 is 2.71 bits per heavy atom. The molecule has 2 rings (SSSR count). The number of hydrogen-bond donors (Lipinski definition) is 2. The maximum absolute atomic E-state index is 10.2. The Morgan fingerprint density at radius 1 is 1.33 bits per heavy atom. The molecule has 0 radical (unpaired) electrons. The number of rotatable bonds is 5. The van der Waals surface area contributed by atoms with E-state index in [0.29, 0.717) is 17.2 Å². The van der Waals surface area contributed by atoms with Crippen molar-refractivity contribution in [3.05, 3.63) is 17.7 Å². The molecule has 1 saturated heterocycles. The van der Waals surface area contributed by atoms with Crippen LogP contribution in [0.5, 0.6) is 11.5 Å². The topological polar surface area (TPSA) is 68.0 Å². The van der Waals surface area contributed by atoms with Gasteiger partial charge in [-0.25, -0.2) is 0 Å². The standard InChI is InChI=1S/C16H26N2O3/c1-4-18-6-5-14(19)12(10-18)7-11-8-13(17)16(21-3)15(9-11)20-2/h8-9,12,14,19H,4-7,10,17H2,1-3H3. The molecule has 2 atom stereocenters. The minimum atomic E-state index is -0.248. The van der Waals surface area contributed by atoms with Gasteiger partial charge in [0.05, 0.1) is 26.0 Å². The number of methoxy groups -OCH3 is 2. The molecule has 0 saturated carbocycles. The van der Waals surface area contributed by atoms with Gasteiger partial charge in [-0.15, -0.1) is 0 Å². The molecule has 0 amide bonds. The molecule has 21 heavy (non-hydrogen) atoms. The molecule has 1 fully saturated rings. The Bertz CT molecular complexity index is 479. The second-order valence-corrected chi connectivity index (χ2v) is 5.63. The van der Waals surface area contributed by atoms with E-state index in [-0.39, 0.29) is 12.0 Å². The zero-order chi connectivity index (χ0) is 15.4. The Morgan fingerprint density at radius 2 is 2.10 bits per heavy atom. The van der Waals surface area contributed by atoms with Gasteiger partial charge in [0, 0.05) is 19.0 Å². The third-order valence-corrected chi connectivity index (χ3v) is 4.29. The number of aliphatic hydroxyl groups is 1. The summed E-state index contributed by atoms with van der Waals surface area (Å²) in [4.78, 5) is 2.38. The molecule has 5 heteroatoms. The first kappa shape index (κ1) is 15.9. The van der Waals surface area contributed by atoms with Gasteiger partial charge in [0.15, 0.2) is 11.5 Å². The van der Waals surface area contributed by atoms with E-state index >= 15 is 0 Å². The molecule has 1 aromatic carbocycles. The van der Waals surface area contributed by atoms with Crippen LogP contribution in [0, 0.1) is 5.92 Å². The van der Waals surface area contributed by atoms with Crippen molar-refractivity contribution in [3.8, 4) is 11.5 Å². The predicted octanol–water partition coefficient (Wildman–Crippen LogP) is 1.53. The number of benzene rings is 1. The lowest BCUT2D eigenvalue weighted by molar-refractivity contribution is 0.0290. The van der Waals surface area contributed by atoms with Gasteiger partial charge in [-0.05, 0) is 37.1 Å². The number of nitrogen functional groups attached to an aromatic ring is 1. The highest BCUT2D eigenvalue weighted by molar-refractivity contribution is 5.62. The SMILES string of the molecule is CCN1CCC(O)C(Cc2cc(N)c(OC)c(OC)c2)C1. The molecule has 1 aliphatic heterocycles. The average molecular weight is 294 g/mol. The predicted molar refractivity (Wildman–Crippen MR) is 83.9 cm³/mol. The maximum atomic E-state index is 10.2. The van der Waals surface area contributed by atoms with Gasteiger partial charge in [-0.1, -0.05) is 6.92 Å². The molecule has 1 aliphatic rings. The van der Waals surface area contributed by atoms with Gasteiger partial charge in [-0.3, -0.25) is 0 Å². The van der Waals surface area contributed by atoms with Crippen LogP contribution in [-0.4, -0.2) is 50.0 Å². The van der Waals surface area contributed by atoms with Crippen molar-refractivity contribution in [2.75, 3.05) is 39.6 Å². The monoisotopic (exact) mass is 294 g/mol. The lowest BCUT2D eigenvalue weighted by atomic mass is 9.88. The Balaban J connectivity index is 2.16. The summed E-state index contributed by atoms with van der Waals surface area (Å²) in [6.07, 6.45) is 1.38. The molecule has 0 aliphatic carbocycles. The Hall–Kier alpha value is -1.46. The highest BCUT2D eigenvalue weighted by Crippen LogP contribution is 2.35. The largest absolute Gasteiger partial charge is 0.493 e. The van der Waals surface area contributed by atoms with Gasteiger partial charge in [-0.2, -0.15) is 0 Å². The van der Waals surface area contributed by atoms with E-state index in [0.717, 1.165) is 38.0 Å². The van der Waals surface area contributed by atoms with Crippen LogP contribution in [0.15, 0.2) is 12.1 Å². The van der Waals surface area contributed by atoms with Crippen LogP contribution >= 0.6 is 0 Å². The van der Waals surface area contributed by atoms with Gasteiger partial charge >= 0.3 is 0 Å². The summed E-state index contributed by atoms with van der Waals surface area (Å²) in [7, 11) is 3.19. The van der Waals surface area contributed by atoms with E-state index in [1.165, 1.54) is 0 Å². The molecule has 0 bridgehead atoms. The van der Waals surface area contributed by atoms with Crippen molar-refractivity contribution in [1.82, 2.24) is 4.90 Å². The lowest BCUT2D eigenvalue weighted by Crippen LogP contribution is -2.43. The van der Waals surface area contributed by atoms with Crippen LogP contribution in [0.1, 0.15) is 18.9 Å². The first-order chi connectivity index (χ1) is 10.1. The van der Waals surface area contributed by atoms with Crippen LogP contribution in [0.2, 0.25) is 0 Å². The third-order valence-electron chi connectivity index (χ3n) is 4.29. The fourth-order valence-electron chi connectivity index (χ4n) is 3.06. The van der Waals surface area contributed by atoms with Crippen LogP contribution in [-0.2, 0) is 6.42 Å². The molecule has 2 unspecified atom stereocenters. The summed E-state index contributed by atoms with van der Waals surface area (Å²) >= 11 is 0. The van der Waals surface area contributed by atoms with Crippen LogP contribution < -0.4 is 15.2 Å². The van der Waals surface area contributed by atoms with Crippen molar-refractivity contribution < 1.29 is 14.6 Å². The van der Waals surface area contributed by atoms with Gasteiger partial charge in [0.1, 0.15) is 0 Å². The highest BCUT2D eigenvalue weighted by Gasteiger charge is 2.27. The molecule has 1 heterocycles. The fraction of sp³-hybridized carbons (Fsp3) is 0.625. The van der Waals surface area contributed by atoms with Crippen molar-refractivity contribution in [3.63, 3.8) is 0 Å². The zero-order valence-corrected chi connectivity index (χ0v) is 13.1. The molecule has 0 aromatic heterocycles. The molecule has 3 N–H and O–H groups in total. The van der Waals surface area contributed by atoms with E-state index < -0.39 is 0 Å². The minimum Gasteiger partial charge on any atom is -0.493 e. The van der Waals surface area contributed by atoms with Crippen molar-refractivity contribution in [1.29, 1.82) is 0 Å². The number of anilines is 1. The number of nitrogens with zero attached hydrogens (tertiary/aromatic N) is 1. The number of hydrogen-bond acceptors (Lipinski definition) is 5. The highest BCUT2D eigenvalue weighted by atomic mass is 16.5. The smallest absolute Gasteiger partial charge is 0.183 e. The van der Waals surface area contributed by atoms with E-state index in [4.69, 9.17) is 15.2 Å². The van der Waals surface area contributed by atoms with Crippen LogP contribution in [0.3, 0.4) is 0 Å². The number of ether oxygens (including phenoxy) is 2. The lowest BCUT2D eigenvalue weighted by Gasteiger charge is -2.35. The van der Waals surface area contributed by atoms with Crippen molar-refractivity contribution in [2.24, 2.45) is 5.92 Å². The molecular weight excluding hydrogens is 268 g/mol. The fourth-order valence-corrected chi connectivity index (χ4v) is 3.06. The van der Waals surface area contributed by atoms with Gasteiger partial charge in [0.25, 0.3) is 0 Å². The summed E-state index contributed by atoms with van der Waals surface area (Å²) in [6, 6.07) is 3.87. The normalized spacial score (nSPS) is 23.0. The summed E-state index contributed by atoms with van der Waals surface area (Å²) in [5, 5.41) is 10.2. The summed E-state index contributed by atoms with van der Waals surface area (Å²) in [5.74, 6) is 1.45. The van der Waals surface area contributed by atoms with Crippen LogP contribution in [0.25, 0.3) is 0 Å². The first-order valence-electron chi connectivity index (χ1n) is 7.49. The number of likely N-dealkylation sites (tertiary alicyclic amines) is 1. The summed E-state index contributed by atoms with van der Waals surface area (Å²) in [5.41, 5.74) is 7.67. The molecule has 0 spiro atoms. The average Bonchev–Trinajstić information content (AvgIpc) is 2.48. The first-order valence-corrected chi connectivity index (χ1v) is 7.49. The van der Waals surface area contributed by atoms with E-state index in [1.807, 2.05) is 12.1 Å². The number of piperidine rings is 1. The Labute approximate surface area is 126 Å². The van der Waals surface area contributed by atoms with Crippen molar-refractivity contribution >= 4 is 5.69 Å². The van der Waals surface area contributed by atoms with Crippen LogP contribution in [0.4, 0.5) is 5.69 Å². The van der Waals surface area contributed by atoms with Gasteiger partial charge in [0.2, 0.25) is 0 Å². The quantitative estimate of drug-likeness (QED) is 0.806. The van der Waals surface area contributed by atoms with E-state index in [1.54, 1.807) is 14.2 Å². The second-order valence-electron chi connectivity index (χ2n) is 5.63. The van der Waals surface area contributed by atoms with E-state index in [9.17, 15) is 5.11 Å². The number of aliphatic hydroxyl groups excluding tert-OH is 1. The maximum Gasteiger partial charge on any atom is 0.183 e. The molecule has 5 nitrogen and oxygen atoms in total. The molecular formula is C16H26N2O3. The van der Waals surface area contributed by atoms with Crippen molar-refractivity contribution in [2.45, 2.75) is 25.9 Å².